The molecule has 1 aromatic carbocycles. The minimum atomic E-state index is 0.411. The molecule has 0 amide bonds. The van der Waals surface area contributed by atoms with Crippen LogP contribution in [0.5, 0.6) is 0 Å². The molecule has 0 saturated carbocycles. The van der Waals surface area contributed by atoms with Gasteiger partial charge in [-0.25, -0.2) is 4.98 Å². The molecule has 0 spiro atoms. The number of para-hydroxylation sites is 1. The molecule has 0 aliphatic rings. The van der Waals surface area contributed by atoms with Gasteiger partial charge < -0.3 is 15.9 Å². The summed E-state index contributed by atoms with van der Waals surface area (Å²) in [5.41, 5.74) is 14.0. The van der Waals surface area contributed by atoms with Crippen LogP contribution in [0.15, 0.2) is 47.1 Å². The molecule has 0 bridgehead atoms. The Hall–Kier alpha value is -2.49. The van der Waals surface area contributed by atoms with E-state index in [2.05, 4.69) is 4.98 Å². The monoisotopic (exact) mass is 225 g/mol. The van der Waals surface area contributed by atoms with Gasteiger partial charge in [0.2, 0.25) is 0 Å². The molecule has 2 heterocycles. The van der Waals surface area contributed by atoms with Crippen molar-refractivity contribution in [1.82, 2.24) is 4.98 Å². The largest absolute Gasteiger partial charge is 0.464 e. The molecule has 0 aliphatic carbocycles. The van der Waals surface area contributed by atoms with Crippen molar-refractivity contribution < 1.29 is 4.42 Å². The molecule has 3 aromatic rings. The SMILES string of the molecule is Nc1ccc(-c2cccc3ccoc23)c(N)n1. The fourth-order valence-corrected chi connectivity index (χ4v) is 1.92. The van der Waals surface area contributed by atoms with E-state index >= 15 is 0 Å². The van der Waals surface area contributed by atoms with Gasteiger partial charge in [-0.3, -0.25) is 0 Å². The van der Waals surface area contributed by atoms with Crippen LogP contribution in [0.1, 0.15) is 0 Å². The van der Waals surface area contributed by atoms with Crippen LogP contribution in [0.3, 0.4) is 0 Å². The third-order valence-corrected chi connectivity index (χ3v) is 2.72. The number of benzene rings is 1. The van der Waals surface area contributed by atoms with E-state index in [1.807, 2.05) is 30.3 Å². The smallest absolute Gasteiger partial charge is 0.141 e. The minimum absolute atomic E-state index is 0.411. The van der Waals surface area contributed by atoms with E-state index < -0.39 is 0 Å². The van der Waals surface area contributed by atoms with Gasteiger partial charge in [0.15, 0.2) is 0 Å². The Labute approximate surface area is 97.9 Å². The van der Waals surface area contributed by atoms with E-state index in [0.717, 1.165) is 22.1 Å². The lowest BCUT2D eigenvalue weighted by molar-refractivity contribution is 0.617. The summed E-state index contributed by atoms with van der Waals surface area (Å²) in [7, 11) is 0. The highest BCUT2D eigenvalue weighted by molar-refractivity contribution is 5.95. The standard InChI is InChI=1S/C13H11N3O/c14-11-5-4-10(13(15)16-11)9-3-1-2-8-6-7-17-12(8)9/h1-7H,(H4,14,15,16). The summed E-state index contributed by atoms with van der Waals surface area (Å²) in [5, 5.41) is 1.04. The summed E-state index contributed by atoms with van der Waals surface area (Å²) in [6, 6.07) is 11.4. The molecule has 4 nitrogen and oxygen atoms in total. The molecular weight excluding hydrogens is 214 g/mol. The Morgan fingerprint density at radius 2 is 1.82 bits per heavy atom. The second-order valence-electron chi connectivity index (χ2n) is 3.81. The second-order valence-corrected chi connectivity index (χ2v) is 3.81. The Kier molecular flexibility index (Phi) is 2.01. The van der Waals surface area contributed by atoms with Crippen LogP contribution in [0, 0.1) is 0 Å². The quantitative estimate of drug-likeness (QED) is 0.667. The third-order valence-electron chi connectivity index (χ3n) is 2.72. The van der Waals surface area contributed by atoms with Gasteiger partial charge >= 0.3 is 0 Å². The third kappa shape index (κ3) is 1.50. The molecule has 0 aliphatic heterocycles. The van der Waals surface area contributed by atoms with Crippen molar-refractivity contribution >= 4 is 22.6 Å². The Bertz CT molecular complexity index is 688. The Morgan fingerprint density at radius 3 is 2.65 bits per heavy atom. The molecule has 84 valence electrons. The summed E-state index contributed by atoms with van der Waals surface area (Å²) in [6.45, 7) is 0. The van der Waals surface area contributed by atoms with Gasteiger partial charge in [0, 0.05) is 16.5 Å². The van der Waals surface area contributed by atoms with Gasteiger partial charge in [0.25, 0.3) is 0 Å². The van der Waals surface area contributed by atoms with Crippen LogP contribution >= 0.6 is 0 Å². The topological polar surface area (TPSA) is 78.1 Å². The first-order chi connectivity index (χ1) is 8.25. The molecule has 2 aromatic heterocycles. The molecule has 0 atom stereocenters. The average molecular weight is 225 g/mol. The van der Waals surface area contributed by atoms with Gasteiger partial charge in [0.05, 0.1) is 6.26 Å². The Morgan fingerprint density at radius 1 is 0.941 bits per heavy atom. The van der Waals surface area contributed by atoms with Crippen LogP contribution in [0.25, 0.3) is 22.1 Å². The van der Waals surface area contributed by atoms with E-state index in [4.69, 9.17) is 15.9 Å². The number of nitrogen functional groups attached to an aromatic ring is 2. The molecule has 0 fully saturated rings. The van der Waals surface area contributed by atoms with Crippen LogP contribution in [0.4, 0.5) is 11.6 Å². The average Bonchev–Trinajstić information content (AvgIpc) is 2.77. The number of anilines is 2. The molecule has 3 rings (SSSR count). The lowest BCUT2D eigenvalue weighted by atomic mass is 10.0. The van der Waals surface area contributed by atoms with Gasteiger partial charge in [-0.1, -0.05) is 18.2 Å². The maximum atomic E-state index is 5.88. The highest BCUT2D eigenvalue weighted by Gasteiger charge is 2.10. The number of nitrogens with zero attached hydrogens (tertiary/aromatic N) is 1. The number of fused-ring (bicyclic) bond motifs is 1. The van der Waals surface area contributed by atoms with Crippen molar-refractivity contribution in [1.29, 1.82) is 0 Å². The number of hydrogen-bond donors (Lipinski definition) is 2. The van der Waals surface area contributed by atoms with E-state index in [1.165, 1.54) is 0 Å². The zero-order valence-electron chi connectivity index (χ0n) is 9.05. The van der Waals surface area contributed by atoms with Crippen molar-refractivity contribution in [3.63, 3.8) is 0 Å². The van der Waals surface area contributed by atoms with Crippen molar-refractivity contribution in [2.75, 3.05) is 11.5 Å². The predicted molar refractivity (Wildman–Crippen MR) is 68.3 cm³/mol. The summed E-state index contributed by atoms with van der Waals surface area (Å²) in [5.74, 6) is 0.826. The van der Waals surface area contributed by atoms with E-state index in [0.29, 0.717) is 11.6 Å². The fraction of sp³-hybridized carbons (Fsp3) is 0. The zero-order chi connectivity index (χ0) is 11.8. The van der Waals surface area contributed by atoms with Crippen LogP contribution in [-0.2, 0) is 0 Å². The van der Waals surface area contributed by atoms with Crippen molar-refractivity contribution in [2.24, 2.45) is 0 Å². The second kappa shape index (κ2) is 3.52. The highest BCUT2D eigenvalue weighted by Crippen LogP contribution is 2.32. The summed E-state index contributed by atoms with van der Waals surface area (Å²) in [6.07, 6.45) is 1.66. The lowest BCUT2D eigenvalue weighted by Gasteiger charge is -2.06. The first kappa shape index (κ1) is 9.72. The van der Waals surface area contributed by atoms with Crippen molar-refractivity contribution in [3.8, 4) is 11.1 Å². The van der Waals surface area contributed by atoms with Gasteiger partial charge in [-0.05, 0) is 18.2 Å². The summed E-state index contributed by atoms with van der Waals surface area (Å²) >= 11 is 0. The summed E-state index contributed by atoms with van der Waals surface area (Å²) in [4.78, 5) is 4.06. The van der Waals surface area contributed by atoms with Gasteiger partial charge in [0.1, 0.15) is 17.2 Å². The number of rotatable bonds is 1. The molecular formula is C13H11N3O. The van der Waals surface area contributed by atoms with Gasteiger partial charge in [-0.15, -0.1) is 0 Å². The molecule has 17 heavy (non-hydrogen) atoms. The summed E-state index contributed by atoms with van der Waals surface area (Å²) < 4.78 is 5.47. The predicted octanol–water partition coefficient (Wildman–Crippen LogP) is 2.66. The number of pyridine rings is 1. The molecule has 0 saturated heterocycles. The number of hydrogen-bond acceptors (Lipinski definition) is 4. The van der Waals surface area contributed by atoms with E-state index in [1.54, 1.807) is 12.3 Å². The highest BCUT2D eigenvalue weighted by atomic mass is 16.3. The van der Waals surface area contributed by atoms with E-state index in [9.17, 15) is 0 Å². The number of aromatic nitrogens is 1. The fourth-order valence-electron chi connectivity index (χ4n) is 1.92. The van der Waals surface area contributed by atoms with Crippen LogP contribution < -0.4 is 11.5 Å². The Balaban J connectivity index is 2.30. The molecule has 0 radical (unpaired) electrons. The van der Waals surface area contributed by atoms with Gasteiger partial charge in [-0.2, -0.15) is 0 Å². The molecule has 0 unspecified atom stereocenters. The minimum Gasteiger partial charge on any atom is -0.464 e. The lowest BCUT2D eigenvalue weighted by Crippen LogP contribution is -1.98. The van der Waals surface area contributed by atoms with Crippen molar-refractivity contribution in [2.45, 2.75) is 0 Å². The van der Waals surface area contributed by atoms with Crippen molar-refractivity contribution in [3.05, 3.63) is 42.7 Å². The van der Waals surface area contributed by atoms with Crippen LogP contribution in [0.2, 0.25) is 0 Å². The molecule has 4 heteroatoms. The normalized spacial score (nSPS) is 10.8. The first-order valence-electron chi connectivity index (χ1n) is 5.24. The molecule has 4 N–H and O–H groups in total. The first-order valence-corrected chi connectivity index (χ1v) is 5.24. The maximum Gasteiger partial charge on any atom is 0.141 e. The number of furan rings is 1. The zero-order valence-corrected chi connectivity index (χ0v) is 9.05. The number of nitrogens with two attached hydrogens (primary N) is 2. The maximum absolute atomic E-state index is 5.88. The van der Waals surface area contributed by atoms with E-state index in [-0.39, 0.29) is 0 Å². The van der Waals surface area contributed by atoms with Crippen LogP contribution in [-0.4, -0.2) is 4.98 Å².